The number of esters is 2. The minimum atomic E-state index is -1.03. The van der Waals surface area contributed by atoms with E-state index in [0.717, 1.165) is 12.8 Å². The standard InChI is InChI=1S/C28H37FN2O7/c1-8-19(9-2)25(38-21-12-10-20(29)11-13-21)17(5)36-28(34)23(16(3)4)31-27(33)24-26(37-18(6)32)22(35-7)14-15-30-24/h10-17,19,23,25H,8-9H2,1-7H3,(H,31,33)/t17-,23-,25-/m0/s1. The summed E-state index contributed by atoms with van der Waals surface area (Å²) in [5.74, 6) is -2.26. The van der Waals surface area contributed by atoms with E-state index in [9.17, 15) is 18.8 Å². The number of amides is 1. The van der Waals surface area contributed by atoms with Crippen molar-refractivity contribution in [2.24, 2.45) is 11.8 Å². The second kappa shape index (κ2) is 14.3. The molecule has 0 fully saturated rings. The van der Waals surface area contributed by atoms with Crippen LogP contribution in [0, 0.1) is 17.7 Å². The molecule has 1 amide bonds. The smallest absolute Gasteiger partial charge is 0.329 e. The molecule has 1 heterocycles. The maximum absolute atomic E-state index is 13.4. The van der Waals surface area contributed by atoms with Gasteiger partial charge in [0.05, 0.1) is 7.11 Å². The summed E-state index contributed by atoms with van der Waals surface area (Å²) < 4.78 is 35.7. The van der Waals surface area contributed by atoms with Gasteiger partial charge in [-0.2, -0.15) is 0 Å². The summed E-state index contributed by atoms with van der Waals surface area (Å²) in [5.41, 5.74) is -0.208. The second-order valence-electron chi connectivity index (χ2n) is 9.23. The molecule has 0 radical (unpaired) electrons. The average Bonchev–Trinajstić information content (AvgIpc) is 2.87. The van der Waals surface area contributed by atoms with Crippen LogP contribution >= 0.6 is 0 Å². The minimum absolute atomic E-state index is 0.0576. The lowest BCUT2D eigenvalue weighted by molar-refractivity contribution is -0.158. The molecule has 208 valence electrons. The van der Waals surface area contributed by atoms with Crippen molar-refractivity contribution >= 4 is 17.8 Å². The zero-order valence-electron chi connectivity index (χ0n) is 22.9. The molecule has 0 aliphatic carbocycles. The Hall–Kier alpha value is -3.69. The number of ether oxygens (including phenoxy) is 4. The lowest BCUT2D eigenvalue weighted by atomic mass is 9.93. The van der Waals surface area contributed by atoms with Crippen molar-refractivity contribution in [2.45, 2.75) is 72.6 Å². The van der Waals surface area contributed by atoms with Gasteiger partial charge in [0.15, 0.2) is 11.4 Å². The van der Waals surface area contributed by atoms with E-state index < -0.39 is 36.1 Å². The van der Waals surface area contributed by atoms with E-state index >= 15 is 0 Å². The summed E-state index contributed by atoms with van der Waals surface area (Å²) in [6.45, 7) is 10.5. The number of carbonyl (C=O) groups excluding carboxylic acids is 3. The Morgan fingerprint density at radius 3 is 2.18 bits per heavy atom. The van der Waals surface area contributed by atoms with Crippen LogP contribution in [0.5, 0.6) is 17.2 Å². The minimum Gasteiger partial charge on any atom is -0.493 e. The molecule has 0 bridgehead atoms. The fourth-order valence-electron chi connectivity index (χ4n) is 4.03. The largest absolute Gasteiger partial charge is 0.493 e. The zero-order chi connectivity index (χ0) is 28.4. The van der Waals surface area contributed by atoms with Crippen molar-refractivity contribution < 1.29 is 37.7 Å². The van der Waals surface area contributed by atoms with Crippen LogP contribution < -0.4 is 19.5 Å². The molecule has 10 heteroatoms. The number of benzene rings is 1. The number of halogens is 1. The molecule has 0 saturated heterocycles. The van der Waals surface area contributed by atoms with Gasteiger partial charge in [0.25, 0.3) is 5.91 Å². The third kappa shape index (κ3) is 8.16. The number of nitrogens with one attached hydrogen (secondary N) is 1. The second-order valence-corrected chi connectivity index (χ2v) is 9.23. The van der Waals surface area contributed by atoms with Crippen LogP contribution in [0.3, 0.4) is 0 Å². The predicted molar refractivity (Wildman–Crippen MR) is 139 cm³/mol. The van der Waals surface area contributed by atoms with Gasteiger partial charge >= 0.3 is 11.9 Å². The summed E-state index contributed by atoms with van der Waals surface area (Å²) in [7, 11) is 1.37. The van der Waals surface area contributed by atoms with Crippen molar-refractivity contribution in [1.29, 1.82) is 0 Å². The fourth-order valence-corrected chi connectivity index (χ4v) is 4.03. The first-order valence-electron chi connectivity index (χ1n) is 12.7. The van der Waals surface area contributed by atoms with Gasteiger partial charge in [-0.25, -0.2) is 14.2 Å². The average molecular weight is 533 g/mol. The lowest BCUT2D eigenvalue weighted by Gasteiger charge is -2.32. The van der Waals surface area contributed by atoms with Crippen LogP contribution in [0.1, 0.15) is 64.9 Å². The first-order chi connectivity index (χ1) is 18.0. The quantitative estimate of drug-likeness (QED) is 0.369. The van der Waals surface area contributed by atoms with E-state index in [1.165, 1.54) is 50.6 Å². The van der Waals surface area contributed by atoms with Crippen LogP contribution in [0.15, 0.2) is 36.5 Å². The number of rotatable bonds is 13. The molecule has 2 aromatic rings. The van der Waals surface area contributed by atoms with Crippen LogP contribution in [0.2, 0.25) is 0 Å². The van der Waals surface area contributed by atoms with Gasteiger partial charge in [-0.1, -0.05) is 27.7 Å². The van der Waals surface area contributed by atoms with Gasteiger partial charge in [-0.05, 0) is 55.9 Å². The Morgan fingerprint density at radius 1 is 1.03 bits per heavy atom. The third-order valence-corrected chi connectivity index (χ3v) is 6.12. The Kier molecular flexibility index (Phi) is 11.5. The maximum atomic E-state index is 13.4. The van der Waals surface area contributed by atoms with E-state index in [2.05, 4.69) is 10.3 Å². The molecule has 2 rings (SSSR count). The molecule has 1 aromatic heterocycles. The van der Waals surface area contributed by atoms with Crippen molar-refractivity contribution in [3.05, 3.63) is 48.0 Å². The number of aromatic nitrogens is 1. The van der Waals surface area contributed by atoms with Gasteiger partial charge in [-0.15, -0.1) is 0 Å². The summed E-state index contributed by atoms with van der Waals surface area (Å²) in [6.07, 6.45) is 1.70. The monoisotopic (exact) mass is 532 g/mol. The van der Waals surface area contributed by atoms with Gasteiger partial charge in [0.1, 0.15) is 29.8 Å². The fraction of sp³-hybridized carbons (Fsp3) is 0.500. The van der Waals surface area contributed by atoms with E-state index in [-0.39, 0.29) is 34.8 Å². The van der Waals surface area contributed by atoms with Crippen LogP contribution in [0.25, 0.3) is 0 Å². The highest BCUT2D eigenvalue weighted by atomic mass is 19.1. The molecule has 1 aromatic carbocycles. The SMILES string of the molecule is CCC(CC)[C@@H](Oc1ccc(F)cc1)[C@H](C)OC(=O)[C@@H](NC(=O)c1nccc(OC)c1OC(C)=O)C(C)C. The Balaban J connectivity index is 2.25. The molecular weight excluding hydrogens is 495 g/mol. The van der Waals surface area contributed by atoms with Crippen molar-refractivity contribution in [2.75, 3.05) is 7.11 Å². The summed E-state index contributed by atoms with van der Waals surface area (Å²) in [4.78, 5) is 42.0. The summed E-state index contributed by atoms with van der Waals surface area (Å²) in [6, 6.07) is 6.07. The first-order valence-corrected chi connectivity index (χ1v) is 12.7. The van der Waals surface area contributed by atoms with Gasteiger partial charge in [0, 0.05) is 19.2 Å². The van der Waals surface area contributed by atoms with Gasteiger partial charge in [-0.3, -0.25) is 9.59 Å². The molecule has 9 nitrogen and oxygen atoms in total. The van der Waals surface area contributed by atoms with E-state index in [4.69, 9.17) is 18.9 Å². The molecule has 0 aliphatic rings. The lowest BCUT2D eigenvalue weighted by Crippen LogP contribution is -2.48. The predicted octanol–water partition coefficient (Wildman–Crippen LogP) is 4.72. The summed E-state index contributed by atoms with van der Waals surface area (Å²) >= 11 is 0. The number of methoxy groups -OCH3 is 1. The van der Waals surface area contributed by atoms with Crippen LogP contribution in [-0.2, 0) is 14.3 Å². The highest BCUT2D eigenvalue weighted by molar-refractivity contribution is 5.98. The molecule has 1 N–H and O–H groups in total. The Labute approximate surface area is 223 Å². The van der Waals surface area contributed by atoms with Crippen molar-refractivity contribution in [3.63, 3.8) is 0 Å². The van der Waals surface area contributed by atoms with Gasteiger partial charge < -0.3 is 24.3 Å². The van der Waals surface area contributed by atoms with Crippen molar-refractivity contribution in [1.82, 2.24) is 10.3 Å². The highest BCUT2D eigenvalue weighted by Crippen LogP contribution is 2.30. The summed E-state index contributed by atoms with van der Waals surface area (Å²) in [5, 5.41) is 2.65. The number of pyridine rings is 1. The van der Waals surface area contributed by atoms with E-state index in [1.54, 1.807) is 20.8 Å². The molecule has 0 spiro atoms. The van der Waals surface area contributed by atoms with Crippen LogP contribution in [0.4, 0.5) is 4.39 Å². The number of nitrogens with zero attached hydrogens (tertiary/aromatic N) is 1. The number of carbonyl (C=O) groups is 3. The molecular formula is C28H37FN2O7. The Bertz CT molecular complexity index is 1090. The number of hydrogen-bond donors (Lipinski definition) is 1. The highest BCUT2D eigenvalue weighted by Gasteiger charge is 2.34. The normalized spacial score (nSPS) is 13.4. The van der Waals surface area contributed by atoms with Gasteiger partial charge in [0.2, 0.25) is 5.75 Å². The van der Waals surface area contributed by atoms with E-state index in [1.807, 2.05) is 13.8 Å². The maximum Gasteiger partial charge on any atom is 0.329 e. The topological polar surface area (TPSA) is 113 Å². The Morgan fingerprint density at radius 2 is 1.66 bits per heavy atom. The first kappa shape index (κ1) is 30.5. The zero-order valence-corrected chi connectivity index (χ0v) is 22.9. The molecule has 38 heavy (non-hydrogen) atoms. The molecule has 0 unspecified atom stereocenters. The van der Waals surface area contributed by atoms with Crippen LogP contribution in [-0.4, -0.2) is 48.2 Å². The molecule has 0 aliphatic heterocycles. The van der Waals surface area contributed by atoms with Crippen molar-refractivity contribution in [3.8, 4) is 17.2 Å². The molecule has 0 saturated carbocycles. The number of hydrogen-bond acceptors (Lipinski definition) is 8. The third-order valence-electron chi connectivity index (χ3n) is 6.12. The molecule has 3 atom stereocenters. The van der Waals surface area contributed by atoms with E-state index in [0.29, 0.717) is 5.75 Å².